The van der Waals surface area contributed by atoms with Crippen molar-refractivity contribution in [1.29, 1.82) is 0 Å². The third-order valence-electron chi connectivity index (χ3n) is 4.92. The van der Waals surface area contributed by atoms with E-state index in [1.807, 2.05) is 11.3 Å². The maximum absolute atomic E-state index is 3.59. The monoisotopic (exact) mass is 357 g/mol. The van der Waals surface area contributed by atoms with E-state index in [9.17, 15) is 0 Å². The molecule has 3 heteroatoms. The fourth-order valence-corrected chi connectivity index (χ4v) is 5.19. The van der Waals surface area contributed by atoms with Crippen LogP contribution in [-0.2, 0) is 6.42 Å². The number of hydrogen-bond acceptors (Lipinski definition) is 2. The fraction of sp³-hybridized carbons (Fsp3) is 0.765. The lowest BCUT2D eigenvalue weighted by Gasteiger charge is -2.42. The highest BCUT2D eigenvalue weighted by Gasteiger charge is 2.35. The van der Waals surface area contributed by atoms with Crippen molar-refractivity contribution in [3.8, 4) is 0 Å². The van der Waals surface area contributed by atoms with Crippen molar-refractivity contribution in [2.75, 3.05) is 13.6 Å². The van der Waals surface area contributed by atoms with Gasteiger partial charge in [-0.15, -0.1) is 11.3 Å². The van der Waals surface area contributed by atoms with Gasteiger partial charge in [-0.3, -0.25) is 0 Å². The summed E-state index contributed by atoms with van der Waals surface area (Å²) in [7, 11) is 2.09. The maximum atomic E-state index is 3.59. The third-order valence-corrected chi connectivity index (χ3v) is 6.57. The molecule has 1 aliphatic rings. The highest BCUT2D eigenvalue weighted by Crippen LogP contribution is 2.44. The molecule has 1 aromatic rings. The molecule has 1 fully saturated rings. The summed E-state index contributed by atoms with van der Waals surface area (Å²) < 4.78 is 1.26. The van der Waals surface area contributed by atoms with Crippen LogP contribution in [0.15, 0.2) is 15.9 Å². The highest BCUT2D eigenvalue weighted by molar-refractivity contribution is 9.11. The van der Waals surface area contributed by atoms with E-state index >= 15 is 0 Å². The quantitative estimate of drug-likeness (QED) is 0.765. The van der Waals surface area contributed by atoms with Gasteiger partial charge >= 0.3 is 0 Å². The smallest absolute Gasteiger partial charge is 0.0701 e. The van der Waals surface area contributed by atoms with Crippen molar-refractivity contribution in [3.63, 3.8) is 0 Å². The molecule has 0 aromatic carbocycles. The highest BCUT2D eigenvalue weighted by atomic mass is 79.9. The molecule has 1 nitrogen and oxygen atoms in total. The Morgan fingerprint density at radius 2 is 2.00 bits per heavy atom. The average Bonchev–Trinajstić information content (AvgIpc) is 2.76. The zero-order chi connectivity index (χ0) is 14.8. The Kier molecular flexibility index (Phi) is 5.72. The van der Waals surface area contributed by atoms with Gasteiger partial charge in [-0.25, -0.2) is 0 Å². The second kappa shape index (κ2) is 6.93. The summed E-state index contributed by atoms with van der Waals surface area (Å²) in [5.74, 6) is 2.56. The van der Waals surface area contributed by atoms with Crippen molar-refractivity contribution in [2.24, 2.45) is 23.2 Å². The minimum absolute atomic E-state index is 0.457. The number of hydrogen-bond donors (Lipinski definition) is 1. The topological polar surface area (TPSA) is 12.0 Å². The molecule has 0 saturated heterocycles. The van der Waals surface area contributed by atoms with Crippen molar-refractivity contribution >= 4 is 27.3 Å². The molecule has 114 valence electrons. The van der Waals surface area contributed by atoms with Gasteiger partial charge in [0.1, 0.15) is 0 Å². The van der Waals surface area contributed by atoms with Gasteiger partial charge in [-0.2, -0.15) is 0 Å². The largest absolute Gasteiger partial charge is 0.319 e. The Morgan fingerprint density at radius 1 is 1.25 bits per heavy atom. The van der Waals surface area contributed by atoms with Gasteiger partial charge in [0.2, 0.25) is 0 Å². The van der Waals surface area contributed by atoms with Crippen LogP contribution in [0.5, 0.6) is 0 Å². The van der Waals surface area contributed by atoms with E-state index in [2.05, 4.69) is 61.2 Å². The molecule has 0 aliphatic heterocycles. The van der Waals surface area contributed by atoms with Crippen molar-refractivity contribution in [1.82, 2.24) is 5.32 Å². The van der Waals surface area contributed by atoms with Crippen LogP contribution in [-0.4, -0.2) is 13.6 Å². The summed E-state index contributed by atoms with van der Waals surface area (Å²) in [6.07, 6.45) is 5.45. The van der Waals surface area contributed by atoms with Gasteiger partial charge in [0, 0.05) is 4.88 Å². The normalized spacial score (nSPS) is 27.8. The summed E-state index contributed by atoms with van der Waals surface area (Å²) in [5, 5.41) is 3.41. The van der Waals surface area contributed by atoms with Gasteiger partial charge in [0.05, 0.1) is 3.79 Å². The Morgan fingerprint density at radius 3 is 2.55 bits per heavy atom. The molecule has 1 heterocycles. The summed E-state index contributed by atoms with van der Waals surface area (Å²) in [6.45, 7) is 8.41. The summed E-state index contributed by atoms with van der Waals surface area (Å²) in [4.78, 5) is 1.54. The molecule has 2 rings (SSSR count). The van der Waals surface area contributed by atoms with Crippen LogP contribution in [0.4, 0.5) is 0 Å². The zero-order valence-corrected chi connectivity index (χ0v) is 15.6. The first-order valence-electron chi connectivity index (χ1n) is 7.79. The molecule has 3 atom stereocenters. The van der Waals surface area contributed by atoms with Gasteiger partial charge in [0.15, 0.2) is 0 Å². The van der Waals surface area contributed by atoms with Crippen LogP contribution in [0.3, 0.4) is 0 Å². The van der Waals surface area contributed by atoms with Crippen LogP contribution in [0.2, 0.25) is 0 Å². The third kappa shape index (κ3) is 4.32. The molecular formula is C17H28BrNS. The SMILES string of the molecule is CNCC1CCC(C(C)(C)C)CC1Cc1ccc(Br)s1. The number of halogens is 1. The first kappa shape index (κ1) is 16.5. The fourth-order valence-electron chi connectivity index (χ4n) is 3.61. The Balaban J connectivity index is 2.06. The van der Waals surface area contributed by atoms with E-state index < -0.39 is 0 Å². The summed E-state index contributed by atoms with van der Waals surface area (Å²) in [5.41, 5.74) is 0.457. The maximum Gasteiger partial charge on any atom is 0.0701 e. The van der Waals surface area contributed by atoms with Gasteiger partial charge in [-0.1, -0.05) is 20.8 Å². The Bertz CT molecular complexity index is 421. The second-order valence-corrected chi connectivity index (χ2v) is 9.91. The number of rotatable bonds is 4. The lowest BCUT2D eigenvalue weighted by atomic mass is 9.64. The molecule has 0 bridgehead atoms. The van der Waals surface area contributed by atoms with Gasteiger partial charge < -0.3 is 5.32 Å². The van der Waals surface area contributed by atoms with Gasteiger partial charge in [-0.05, 0) is 90.5 Å². The molecule has 0 amide bonds. The lowest BCUT2D eigenvalue weighted by Crippen LogP contribution is -2.36. The van der Waals surface area contributed by atoms with Crippen molar-refractivity contribution < 1.29 is 0 Å². The van der Waals surface area contributed by atoms with Crippen LogP contribution in [0.25, 0.3) is 0 Å². The minimum atomic E-state index is 0.457. The van der Waals surface area contributed by atoms with E-state index in [1.165, 1.54) is 40.9 Å². The molecule has 0 radical (unpaired) electrons. The van der Waals surface area contributed by atoms with Crippen LogP contribution < -0.4 is 5.32 Å². The molecule has 20 heavy (non-hydrogen) atoms. The predicted octanol–water partition coefficient (Wildman–Crippen LogP) is 5.35. The van der Waals surface area contributed by atoms with Gasteiger partial charge in [0.25, 0.3) is 0 Å². The standard InChI is InChI=1S/C17H28BrNS/c1-17(2,3)14-6-5-12(11-19-4)13(9-14)10-15-7-8-16(18)20-15/h7-8,12-14,19H,5-6,9-11H2,1-4H3. The van der Waals surface area contributed by atoms with E-state index in [4.69, 9.17) is 0 Å². The van der Waals surface area contributed by atoms with E-state index in [1.54, 1.807) is 0 Å². The van der Waals surface area contributed by atoms with E-state index in [0.717, 1.165) is 17.8 Å². The number of nitrogens with one attached hydrogen (secondary N) is 1. The van der Waals surface area contributed by atoms with Crippen LogP contribution >= 0.6 is 27.3 Å². The number of thiophene rings is 1. The van der Waals surface area contributed by atoms with Crippen molar-refractivity contribution in [2.45, 2.75) is 46.5 Å². The molecule has 3 unspecified atom stereocenters. The molecular weight excluding hydrogens is 330 g/mol. The van der Waals surface area contributed by atoms with E-state index in [0.29, 0.717) is 5.41 Å². The summed E-state index contributed by atoms with van der Waals surface area (Å²) in [6, 6.07) is 4.49. The predicted molar refractivity (Wildman–Crippen MR) is 93.4 cm³/mol. The molecule has 1 aliphatic carbocycles. The van der Waals surface area contributed by atoms with E-state index in [-0.39, 0.29) is 0 Å². The molecule has 0 spiro atoms. The Labute approximate surface area is 136 Å². The van der Waals surface area contributed by atoms with Crippen LogP contribution in [0, 0.1) is 23.2 Å². The second-order valence-electron chi connectivity index (χ2n) is 7.36. The first-order chi connectivity index (χ1) is 9.40. The molecule has 1 saturated carbocycles. The lowest BCUT2D eigenvalue weighted by molar-refractivity contribution is 0.0984. The molecule has 1 aromatic heterocycles. The Hall–Kier alpha value is 0.140. The minimum Gasteiger partial charge on any atom is -0.319 e. The first-order valence-corrected chi connectivity index (χ1v) is 9.40. The van der Waals surface area contributed by atoms with Crippen LogP contribution in [0.1, 0.15) is 44.9 Å². The summed E-state index contributed by atoms with van der Waals surface area (Å²) >= 11 is 5.50. The zero-order valence-electron chi connectivity index (χ0n) is 13.2. The average molecular weight is 358 g/mol. The molecule has 1 N–H and O–H groups in total. The van der Waals surface area contributed by atoms with Crippen molar-refractivity contribution in [3.05, 3.63) is 20.8 Å².